The van der Waals surface area contributed by atoms with E-state index in [1.54, 1.807) is 25.1 Å². The fraction of sp³-hybridized carbons (Fsp3) is 0.321. The van der Waals surface area contributed by atoms with E-state index in [4.69, 9.17) is 15.2 Å². The topological polar surface area (TPSA) is 111 Å². The minimum absolute atomic E-state index is 0.0956. The van der Waals surface area contributed by atoms with Gasteiger partial charge in [0, 0.05) is 45.8 Å². The van der Waals surface area contributed by atoms with Gasteiger partial charge in [0.15, 0.2) is 5.78 Å². The lowest BCUT2D eigenvalue weighted by Crippen LogP contribution is -2.30. The van der Waals surface area contributed by atoms with Crippen molar-refractivity contribution < 1.29 is 14.3 Å². The van der Waals surface area contributed by atoms with Crippen LogP contribution in [0.3, 0.4) is 0 Å². The van der Waals surface area contributed by atoms with Crippen molar-refractivity contribution in [2.24, 2.45) is 0 Å². The number of nitrogens with two attached hydrogens (primary N) is 1. The van der Waals surface area contributed by atoms with Crippen molar-refractivity contribution >= 4 is 28.7 Å². The lowest BCUT2D eigenvalue weighted by Gasteiger charge is -2.22. The van der Waals surface area contributed by atoms with Crippen molar-refractivity contribution in [2.75, 3.05) is 46.3 Å². The molecule has 9 heteroatoms. The molecule has 9 nitrogen and oxygen atoms in total. The number of nitrogens with one attached hydrogen (secondary N) is 1. The van der Waals surface area contributed by atoms with Crippen LogP contribution in [0.4, 0.5) is 5.82 Å². The third kappa shape index (κ3) is 5.20. The van der Waals surface area contributed by atoms with Crippen molar-refractivity contribution in [1.82, 2.24) is 24.6 Å². The molecular weight excluding hydrogens is 468 g/mol. The van der Waals surface area contributed by atoms with E-state index in [2.05, 4.69) is 38.2 Å². The molecule has 0 unspecified atom stereocenters. The number of benzene rings is 2. The van der Waals surface area contributed by atoms with Gasteiger partial charge in [-0.15, -0.1) is 0 Å². The first-order valence-corrected chi connectivity index (χ1v) is 12.3. The Bertz CT molecular complexity index is 1460. The zero-order chi connectivity index (χ0) is 25.9. The summed E-state index contributed by atoms with van der Waals surface area (Å²) in [7, 11) is 3.42. The molecule has 0 fully saturated rings. The van der Waals surface area contributed by atoms with Gasteiger partial charge in [-0.25, -0.2) is 9.67 Å². The highest BCUT2D eigenvalue weighted by atomic mass is 16.5. The summed E-state index contributed by atoms with van der Waals surface area (Å²) in [6, 6.07) is 12.1. The Kier molecular flexibility index (Phi) is 7.18. The molecule has 2 aromatic heterocycles. The Morgan fingerprint density at radius 3 is 2.68 bits per heavy atom. The van der Waals surface area contributed by atoms with Gasteiger partial charge in [0.25, 0.3) is 0 Å². The van der Waals surface area contributed by atoms with Gasteiger partial charge in [-0.05, 0) is 47.9 Å². The van der Waals surface area contributed by atoms with E-state index in [1.807, 2.05) is 31.2 Å². The lowest BCUT2D eigenvalue weighted by molar-refractivity contribution is 0.103. The number of H-pyrrole nitrogens is 1. The normalized spacial score (nSPS) is 12.9. The lowest BCUT2D eigenvalue weighted by atomic mass is 10.0. The van der Waals surface area contributed by atoms with E-state index in [0.29, 0.717) is 36.6 Å². The number of Topliss-reactive ketones (excluding diaryl/α,β-unsaturated/α-hetero) is 1. The van der Waals surface area contributed by atoms with Crippen molar-refractivity contribution in [3.05, 3.63) is 76.2 Å². The molecule has 2 aromatic carbocycles. The van der Waals surface area contributed by atoms with Crippen LogP contribution in [-0.2, 0) is 22.4 Å². The number of ketones is 1. The van der Waals surface area contributed by atoms with E-state index in [-0.39, 0.29) is 5.78 Å². The first kappa shape index (κ1) is 24.9. The SMILES string of the molecule is COCCN(CCOC)Cc1ccc2c(c1)CC(C(=O)c1cnn(-c3ccc4nc(C)[nH]c4c3)c1N)=C2. The first-order valence-electron chi connectivity index (χ1n) is 12.3. The Labute approximate surface area is 215 Å². The van der Waals surface area contributed by atoms with Gasteiger partial charge < -0.3 is 20.2 Å². The number of methoxy groups -OCH3 is 2. The van der Waals surface area contributed by atoms with E-state index >= 15 is 0 Å². The van der Waals surface area contributed by atoms with Gasteiger partial charge in [0.2, 0.25) is 0 Å². The molecule has 0 radical (unpaired) electrons. The number of fused-ring (bicyclic) bond motifs is 2. The second-order valence-electron chi connectivity index (χ2n) is 9.35. The molecular formula is C28H32N6O3. The van der Waals surface area contributed by atoms with Crippen molar-refractivity contribution in [3.8, 4) is 5.69 Å². The second kappa shape index (κ2) is 10.7. The number of aromatic amines is 1. The maximum absolute atomic E-state index is 13.4. The molecule has 0 saturated carbocycles. The summed E-state index contributed by atoms with van der Waals surface area (Å²) in [5, 5.41) is 4.42. The Hall–Kier alpha value is -3.79. The standard InChI is InChI=1S/C28H32N6O3/c1-18-31-25-7-6-23(15-26(25)32-18)34-28(29)24(16-30-34)27(35)22-13-20-5-4-19(12-21(20)14-22)17-33(8-10-36-2)9-11-37-3/h4-7,12-13,15-16H,8-11,14,17,29H2,1-3H3,(H,31,32). The zero-order valence-corrected chi connectivity index (χ0v) is 21.5. The van der Waals surface area contributed by atoms with Gasteiger partial charge in [0.1, 0.15) is 11.6 Å². The Balaban J connectivity index is 1.31. The molecule has 5 rings (SSSR count). The number of rotatable bonds is 11. The minimum atomic E-state index is -0.0956. The highest BCUT2D eigenvalue weighted by Gasteiger charge is 2.24. The van der Waals surface area contributed by atoms with Crippen LogP contribution in [0.25, 0.3) is 22.8 Å². The molecule has 1 aliphatic carbocycles. The smallest absolute Gasteiger partial charge is 0.194 e. The number of nitrogen functional groups attached to an aromatic ring is 1. The van der Waals surface area contributed by atoms with Gasteiger partial charge in [-0.3, -0.25) is 9.69 Å². The number of aromatic nitrogens is 4. The van der Waals surface area contributed by atoms with Gasteiger partial charge in [-0.2, -0.15) is 5.10 Å². The fourth-order valence-electron chi connectivity index (χ4n) is 4.78. The molecule has 0 amide bonds. The summed E-state index contributed by atoms with van der Waals surface area (Å²) >= 11 is 0. The van der Waals surface area contributed by atoms with E-state index in [0.717, 1.165) is 53.3 Å². The summed E-state index contributed by atoms with van der Waals surface area (Å²) in [5.41, 5.74) is 13.5. The number of aryl methyl sites for hydroxylation is 1. The third-order valence-corrected chi connectivity index (χ3v) is 6.72. The molecule has 4 aromatic rings. The molecule has 0 bridgehead atoms. The number of nitrogens with zero attached hydrogens (tertiary/aromatic N) is 4. The quantitative estimate of drug-likeness (QED) is 0.303. The molecule has 192 valence electrons. The summed E-state index contributed by atoms with van der Waals surface area (Å²) < 4.78 is 12.1. The van der Waals surface area contributed by atoms with Gasteiger partial charge >= 0.3 is 0 Å². The largest absolute Gasteiger partial charge is 0.383 e. The van der Waals surface area contributed by atoms with Gasteiger partial charge in [0.05, 0.1) is 41.7 Å². The van der Waals surface area contributed by atoms with Crippen LogP contribution in [0.1, 0.15) is 32.9 Å². The monoisotopic (exact) mass is 500 g/mol. The summed E-state index contributed by atoms with van der Waals surface area (Å²) in [5.74, 6) is 1.07. The summed E-state index contributed by atoms with van der Waals surface area (Å²) in [6.07, 6.45) is 4.09. The zero-order valence-electron chi connectivity index (χ0n) is 21.5. The number of imidazole rings is 1. The average Bonchev–Trinajstić information content (AvgIpc) is 3.59. The van der Waals surface area contributed by atoms with Crippen LogP contribution >= 0.6 is 0 Å². The van der Waals surface area contributed by atoms with Crippen molar-refractivity contribution in [3.63, 3.8) is 0 Å². The maximum Gasteiger partial charge on any atom is 0.194 e. The fourth-order valence-corrected chi connectivity index (χ4v) is 4.78. The van der Waals surface area contributed by atoms with Crippen LogP contribution in [-0.4, -0.2) is 71.0 Å². The van der Waals surface area contributed by atoms with Crippen LogP contribution in [0.5, 0.6) is 0 Å². The number of ether oxygens (including phenoxy) is 2. The number of carbonyl (C=O) groups is 1. The van der Waals surface area contributed by atoms with E-state index in [1.165, 1.54) is 5.56 Å². The van der Waals surface area contributed by atoms with Gasteiger partial charge in [-0.1, -0.05) is 18.2 Å². The van der Waals surface area contributed by atoms with E-state index < -0.39 is 0 Å². The molecule has 37 heavy (non-hydrogen) atoms. The second-order valence-corrected chi connectivity index (χ2v) is 9.35. The maximum atomic E-state index is 13.4. The number of hydrogen-bond acceptors (Lipinski definition) is 7. The van der Waals surface area contributed by atoms with E-state index in [9.17, 15) is 4.79 Å². The molecule has 0 spiro atoms. The highest BCUT2D eigenvalue weighted by Crippen LogP contribution is 2.30. The van der Waals surface area contributed by atoms with Crippen molar-refractivity contribution in [1.29, 1.82) is 0 Å². The van der Waals surface area contributed by atoms with Crippen LogP contribution in [0, 0.1) is 6.92 Å². The third-order valence-electron chi connectivity index (χ3n) is 6.72. The molecule has 2 heterocycles. The minimum Gasteiger partial charge on any atom is -0.383 e. The first-order chi connectivity index (χ1) is 18.0. The number of anilines is 1. The number of hydrogen-bond donors (Lipinski definition) is 2. The molecule has 0 saturated heterocycles. The number of allylic oxidation sites excluding steroid dienone is 1. The molecule has 1 aliphatic rings. The Morgan fingerprint density at radius 2 is 1.92 bits per heavy atom. The summed E-state index contributed by atoms with van der Waals surface area (Å²) in [4.78, 5) is 23.4. The average molecular weight is 501 g/mol. The predicted octanol–water partition coefficient (Wildman–Crippen LogP) is 3.56. The van der Waals surface area contributed by atoms with Crippen molar-refractivity contribution in [2.45, 2.75) is 19.9 Å². The van der Waals surface area contributed by atoms with Crippen LogP contribution < -0.4 is 5.73 Å². The summed E-state index contributed by atoms with van der Waals surface area (Å²) in [6.45, 7) is 5.69. The van der Waals surface area contributed by atoms with Crippen LogP contribution in [0.15, 0.2) is 48.2 Å². The molecule has 0 atom stereocenters. The molecule has 0 aliphatic heterocycles. The number of carbonyl (C=O) groups excluding carboxylic acids is 1. The molecule has 3 N–H and O–H groups in total. The highest BCUT2D eigenvalue weighted by molar-refractivity contribution is 6.15. The Morgan fingerprint density at radius 1 is 1.14 bits per heavy atom. The van der Waals surface area contributed by atoms with Crippen LogP contribution in [0.2, 0.25) is 0 Å². The predicted molar refractivity (Wildman–Crippen MR) is 144 cm³/mol.